The van der Waals surface area contributed by atoms with Crippen LogP contribution in [0.3, 0.4) is 0 Å². The fraction of sp³-hybridized carbons (Fsp3) is 0.800. The molecule has 0 saturated carbocycles. The Bertz CT molecular complexity index is 140. The molecule has 0 saturated heterocycles. The molecule has 1 atom stereocenters. The zero-order valence-electron chi connectivity index (χ0n) is 5.64. The van der Waals surface area contributed by atoms with Gasteiger partial charge in [-0.3, -0.25) is 0 Å². The molecule has 0 aliphatic heterocycles. The predicted octanol–water partition coefficient (Wildman–Crippen LogP) is -2.85. The molecular formula is C5H10O6. The van der Waals surface area contributed by atoms with Gasteiger partial charge >= 0.3 is 5.97 Å². The summed E-state index contributed by atoms with van der Waals surface area (Å²) in [6, 6.07) is 0. The Morgan fingerprint density at radius 2 is 1.73 bits per heavy atom. The molecule has 11 heavy (non-hydrogen) atoms. The average molecular weight is 166 g/mol. The van der Waals surface area contributed by atoms with Crippen LogP contribution in [0, 0.1) is 0 Å². The van der Waals surface area contributed by atoms with E-state index in [4.69, 9.17) is 25.5 Å². The van der Waals surface area contributed by atoms with Crippen LogP contribution in [0.15, 0.2) is 0 Å². The summed E-state index contributed by atoms with van der Waals surface area (Å²) in [6.45, 7) is -2.03. The summed E-state index contributed by atoms with van der Waals surface area (Å²) in [5, 5.41) is 42.5. The van der Waals surface area contributed by atoms with Gasteiger partial charge in [0.2, 0.25) is 0 Å². The minimum Gasteiger partial charge on any atom is -0.479 e. The summed E-state index contributed by atoms with van der Waals surface area (Å²) in [6.07, 6.45) is -2.18. The summed E-state index contributed by atoms with van der Waals surface area (Å²) in [5.74, 6) is -1.70. The van der Waals surface area contributed by atoms with E-state index in [0.717, 1.165) is 0 Å². The standard InChI is InChI=1S/C5H10O6/c6-1-5(11,2-7)3(8)4(9)10/h3,6-8,11H,1-2H2,(H,9,10). The quantitative estimate of drug-likeness (QED) is 0.307. The number of carbonyl (C=O) groups is 1. The Morgan fingerprint density at radius 3 is 1.82 bits per heavy atom. The van der Waals surface area contributed by atoms with Gasteiger partial charge in [-0.2, -0.15) is 0 Å². The molecule has 0 aromatic heterocycles. The third-order valence-electron chi connectivity index (χ3n) is 1.29. The molecule has 6 heteroatoms. The van der Waals surface area contributed by atoms with E-state index < -0.39 is 30.9 Å². The van der Waals surface area contributed by atoms with Gasteiger partial charge < -0.3 is 25.5 Å². The van der Waals surface area contributed by atoms with Crippen LogP contribution in [-0.2, 0) is 4.79 Å². The fourth-order valence-corrected chi connectivity index (χ4v) is 0.453. The molecule has 0 rings (SSSR count). The van der Waals surface area contributed by atoms with E-state index in [1.165, 1.54) is 0 Å². The summed E-state index contributed by atoms with van der Waals surface area (Å²) in [4.78, 5) is 10.0. The highest BCUT2D eigenvalue weighted by Crippen LogP contribution is 2.08. The number of rotatable bonds is 4. The van der Waals surface area contributed by atoms with Crippen molar-refractivity contribution in [3.63, 3.8) is 0 Å². The van der Waals surface area contributed by atoms with Crippen molar-refractivity contribution in [2.75, 3.05) is 13.2 Å². The largest absolute Gasteiger partial charge is 0.479 e. The highest BCUT2D eigenvalue weighted by Gasteiger charge is 2.39. The van der Waals surface area contributed by atoms with Gasteiger partial charge in [0.1, 0.15) is 5.60 Å². The molecule has 66 valence electrons. The molecule has 0 aromatic carbocycles. The molecule has 1 unspecified atom stereocenters. The van der Waals surface area contributed by atoms with Crippen LogP contribution in [0.25, 0.3) is 0 Å². The molecule has 0 spiro atoms. The van der Waals surface area contributed by atoms with Crippen LogP contribution in [-0.4, -0.2) is 56.4 Å². The lowest BCUT2D eigenvalue weighted by Gasteiger charge is -2.25. The van der Waals surface area contributed by atoms with Crippen molar-refractivity contribution in [1.82, 2.24) is 0 Å². The molecule has 0 aliphatic carbocycles. The number of hydrogen-bond acceptors (Lipinski definition) is 5. The minimum atomic E-state index is -2.37. The first-order valence-corrected chi connectivity index (χ1v) is 2.83. The van der Waals surface area contributed by atoms with E-state index in [2.05, 4.69) is 0 Å². The van der Waals surface area contributed by atoms with Crippen molar-refractivity contribution in [1.29, 1.82) is 0 Å². The van der Waals surface area contributed by atoms with Crippen LogP contribution in [0.1, 0.15) is 0 Å². The highest BCUT2D eigenvalue weighted by molar-refractivity contribution is 5.73. The molecule has 0 aromatic rings. The maximum Gasteiger partial charge on any atom is 0.335 e. The van der Waals surface area contributed by atoms with Crippen LogP contribution < -0.4 is 0 Å². The molecule has 5 N–H and O–H groups in total. The molecule has 0 aliphatic rings. The summed E-state index contributed by atoms with van der Waals surface area (Å²) >= 11 is 0. The van der Waals surface area contributed by atoms with Crippen LogP contribution in [0.5, 0.6) is 0 Å². The lowest BCUT2D eigenvalue weighted by Crippen LogP contribution is -2.52. The number of aliphatic hydroxyl groups is 4. The maximum absolute atomic E-state index is 10.0. The number of carboxylic acids is 1. The van der Waals surface area contributed by atoms with E-state index in [-0.39, 0.29) is 0 Å². The van der Waals surface area contributed by atoms with E-state index >= 15 is 0 Å². The van der Waals surface area contributed by atoms with Gasteiger partial charge in [-0.1, -0.05) is 0 Å². The monoisotopic (exact) mass is 166 g/mol. The smallest absolute Gasteiger partial charge is 0.335 e. The maximum atomic E-state index is 10.0. The van der Waals surface area contributed by atoms with Crippen molar-refractivity contribution in [3.05, 3.63) is 0 Å². The number of aliphatic carboxylic acids is 1. The fourth-order valence-electron chi connectivity index (χ4n) is 0.453. The third-order valence-corrected chi connectivity index (χ3v) is 1.29. The zero-order valence-corrected chi connectivity index (χ0v) is 5.64. The zero-order chi connectivity index (χ0) is 9.07. The van der Waals surface area contributed by atoms with Crippen LogP contribution in [0.2, 0.25) is 0 Å². The molecule has 0 amide bonds. The first-order chi connectivity index (χ1) is 4.98. The third kappa shape index (κ3) is 2.12. The Morgan fingerprint density at radius 1 is 1.36 bits per heavy atom. The second kappa shape index (κ2) is 3.63. The van der Waals surface area contributed by atoms with Gasteiger partial charge in [-0.15, -0.1) is 0 Å². The second-order valence-electron chi connectivity index (χ2n) is 2.16. The van der Waals surface area contributed by atoms with E-state index in [0.29, 0.717) is 0 Å². The van der Waals surface area contributed by atoms with E-state index in [9.17, 15) is 4.79 Å². The van der Waals surface area contributed by atoms with Gasteiger partial charge in [-0.25, -0.2) is 4.79 Å². The summed E-state index contributed by atoms with van der Waals surface area (Å²) < 4.78 is 0. The van der Waals surface area contributed by atoms with Crippen molar-refractivity contribution >= 4 is 5.97 Å². The van der Waals surface area contributed by atoms with Crippen LogP contribution >= 0.6 is 0 Å². The molecule has 0 heterocycles. The van der Waals surface area contributed by atoms with Crippen molar-refractivity contribution in [3.8, 4) is 0 Å². The Balaban J connectivity index is 4.36. The number of hydrogen-bond donors (Lipinski definition) is 5. The lowest BCUT2D eigenvalue weighted by atomic mass is 9.99. The van der Waals surface area contributed by atoms with Crippen molar-refractivity contribution in [2.24, 2.45) is 0 Å². The normalized spacial score (nSPS) is 14.5. The van der Waals surface area contributed by atoms with Crippen molar-refractivity contribution < 1.29 is 30.3 Å². The Hall–Kier alpha value is -0.690. The topological polar surface area (TPSA) is 118 Å². The molecular weight excluding hydrogens is 156 g/mol. The number of carboxylic acid groups (broad SMARTS) is 1. The molecule has 0 radical (unpaired) electrons. The minimum absolute atomic E-state index is 1.02. The number of aliphatic hydroxyl groups excluding tert-OH is 3. The lowest BCUT2D eigenvalue weighted by molar-refractivity contribution is -0.175. The van der Waals surface area contributed by atoms with E-state index in [1.807, 2.05) is 0 Å². The Labute approximate surface area is 62.3 Å². The van der Waals surface area contributed by atoms with Gasteiger partial charge in [0.05, 0.1) is 13.2 Å². The first kappa shape index (κ1) is 10.3. The van der Waals surface area contributed by atoms with Gasteiger partial charge in [-0.05, 0) is 0 Å². The SMILES string of the molecule is O=C(O)C(O)C(O)(CO)CO. The first-order valence-electron chi connectivity index (χ1n) is 2.83. The van der Waals surface area contributed by atoms with Gasteiger partial charge in [0.15, 0.2) is 6.10 Å². The van der Waals surface area contributed by atoms with Gasteiger partial charge in [0, 0.05) is 0 Å². The average Bonchev–Trinajstić information content (AvgIpc) is 2.01. The summed E-state index contributed by atoms with van der Waals surface area (Å²) in [7, 11) is 0. The summed E-state index contributed by atoms with van der Waals surface area (Å²) in [5.41, 5.74) is -2.37. The van der Waals surface area contributed by atoms with Crippen molar-refractivity contribution in [2.45, 2.75) is 11.7 Å². The van der Waals surface area contributed by atoms with Crippen LogP contribution in [0.4, 0.5) is 0 Å². The second-order valence-corrected chi connectivity index (χ2v) is 2.16. The Kier molecular flexibility index (Phi) is 3.40. The molecule has 0 fully saturated rings. The van der Waals surface area contributed by atoms with Gasteiger partial charge in [0.25, 0.3) is 0 Å². The molecule has 0 bridgehead atoms. The van der Waals surface area contributed by atoms with E-state index in [1.54, 1.807) is 0 Å². The highest BCUT2D eigenvalue weighted by atomic mass is 16.4. The predicted molar refractivity (Wildman–Crippen MR) is 32.8 cm³/mol. The molecule has 6 nitrogen and oxygen atoms in total.